The van der Waals surface area contributed by atoms with Crippen LogP contribution in [-0.4, -0.2) is 22.2 Å². The van der Waals surface area contributed by atoms with E-state index in [9.17, 15) is 5.11 Å². The molecule has 1 aromatic rings. The first-order chi connectivity index (χ1) is 8.27. The first kappa shape index (κ1) is 13.6. The van der Waals surface area contributed by atoms with E-state index in [4.69, 9.17) is 4.74 Å². The summed E-state index contributed by atoms with van der Waals surface area (Å²) in [4.78, 5) is 7.95. The summed E-state index contributed by atoms with van der Waals surface area (Å²) in [5.41, 5.74) is 0.626. The van der Waals surface area contributed by atoms with Crippen molar-refractivity contribution in [1.29, 1.82) is 0 Å². The molecule has 1 heterocycles. The van der Waals surface area contributed by atoms with E-state index >= 15 is 0 Å². The van der Waals surface area contributed by atoms with Crippen LogP contribution in [0.25, 0.3) is 0 Å². The predicted octanol–water partition coefficient (Wildman–Crippen LogP) is 2.66. The van der Waals surface area contributed by atoms with Gasteiger partial charge in [0.15, 0.2) is 0 Å². The van der Waals surface area contributed by atoms with Gasteiger partial charge in [-0.25, -0.2) is 9.97 Å². The lowest BCUT2D eigenvalue weighted by atomic mass is 10.1. The van der Waals surface area contributed by atoms with Crippen LogP contribution >= 0.6 is 0 Å². The third-order valence-corrected chi connectivity index (χ3v) is 2.60. The molecule has 94 valence electrons. The maximum Gasteiger partial charge on any atom is 0.216 e. The summed E-state index contributed by atoms with van der Waals surface area (Å²) in [7, 11) is 1.55. The number of methoxy groups -OCH3 is 1. The molecule has 0 amide bonds. The van der Waals surface area contributed by atoms with E-state index in [2.05, 4.69) is 16.5 Å². The third-order valence-electron chi connectivity index (χ3n) is 2.60. The zero-order valence-corrected chi connectivity index (χ0v) is 10.3. The Hall–Kier alpha value is -1.42. The summed E-state index contributed by atoms with van der Waals surface area (Å²) in [5, 5.41) is 9.93. The zero-order chi connectivity index (χ0) is 12.5. The Bertz CT molecular complexity index is 342. The van der Waals surface area contributed by atoms with Crippen LogP contribution in [0, 0.1) is 0 Å². The zero-order valence-electron chi connectivity index (χ0n) is 10.3. The predicted molar refractivity (Wildman–Crippen MR) is 66.8 cm³/mol. The minimum absolute atomic E-state index is 0.487. The second-order valence-electron chi connectivity index (χ2n) is 3.93. The highest BCUT2D eigenvalue weighted by Crippen LogP contribution is 2.20. The molecule has 4 nitrogen and oxygen atoms in total. The van der Waals surface area contributed by atoms with Crippen LogP contribution < -0.4 is 4.74 Å². The van der Waals surface area contributed by atoms with Crippen molar-refractivity contribution >= 4 is 0 Å². The Balaban J connectivity index is 2.35. The number of ether oxygens (including phenoxy) is 1. The molecule has 1 N–H and O–H groups in total. The molecular formula is C13H20N2O2. The Morgan fingerprint density at radius 3 is 2.94 bits per heavy atom. The van der Waals surface area contributed by atoms with Crippen molar-refractivity contribution in [3.8, 4) is 5.88 Å². The van der Waals surface area contributed by atoms with Crippen LogP contribution in [0.5, 0.6) is 5.88 Å². The number of rotatable bonds is 8. The van der Waals surface area contributed by atoms with Crippen LogP contribution in [0.1, 0.15) is 43.9 Å². The molecule has 0 aliphatic heterocycles. The first-order valence-electron chi connectivity index (χ1n) is 5.92. The van der Waals surface area contributed by atoms with Crippen molar-refractivity contribution in [3.05, 3.63) is 30.7 Å². The van der Waals surface area contributed by atoms with E-state index in [0.29, 0.717) is 11.6 Å². The number of nitrogens with zero attached hydrogens (tertiary/aromatic N) is 2. The molecule has 0 aliphatic carbocycles. The molecule has 4 heteroatoms. The topological polar surface area (TPSA) is 55.2 Å². The highest BCUT2D eigenvalue weighted by Gasteiger charge is 2.09. The number of allylic oxidation sites excluding steroid dienone is 1. The minimum Gasteiger partial charge on any atom is -0.481 e. The first-order valence-corrected chi connectivity index (χ1v) is 5.92. The van der Waals surface area contributed by atoms with Gasteiger partial charge in [-0.1, -0.05) is 18.9 Å². The van der Waals surface area contributed by atoms with E-state index in [-0.39, 0.29) is 0 Å². The fraction of sp³-hybridized carbons (Fsp3) is 0.538. The quantitative estimate of drug-likeness (QED) is 0.557. The molecular weight excluding hydrogens is 216 g/mol. The van der Waals surface area contributed by atoms with Gasteiger partial charge in [0.05, 0.1) is 18.9 Å². The van der Waals surface area contributed by atoms with E-state index in [1.54, 1.807) is 13.2 Å². The Labute approximate surface area is 102 Å². The van der Waals surface area contributed by atoms with Crippen molar-refractivity contribution in [2.24, 2.45) is 0 Å². The van der Waals surface area contributed by atoms with Crippen molar-refractivity contribution < 1.29 is 9.84 Å². The largest absolute Gasteiger partial charge is 0.481 e. The van der Waals surface area contributed by atoms with Gasteiger partial charge in [0, 0.05) is 6.07 Å². The van der Waals surface area contributed by atoms with Crippen LogP contribution in [0.3, 0.4) is 0 Å². The van der Waals surface area contributed by atoms with Crippen molar-refractivity contribution in [1.82, 2.24) is 9.97 Å². The summed E-state index contributed by atoms with van der Waals surface area (Å²) in [6, 6.07) is 1.68. The van der Waals surface area contributed by atoms with Crippen molar-refractivity contribution in [2.45, 2.75) is 38.2 Å². The smallest absolute Gasteiger partial charge is 0.216 e. The molecule has 0 saturated heterocycles. The van der Waals surface area contributed by atoms with E-state index in [1.165, 1.54) is 6.33 Å². The fourth-order valence-corrected chi connectivity index (χ4v) is 1.60. The maximum atomic E-state index is 9.93. The molecule has 1 aromatic heterocycles. The van der Waals surface area contributed by atoms with Gasteiger partial charge < -0.3 is 9.84 Å². The fourth-order valence-electron chi connectivity index (χ4n) is 1.60. The Morgan fingerprint density at radius 2 is 2.24 bits per heavy atom. The highest BCUT2D eigenvalue weighted by molar-refractivity contribution is 5.15. The van der Waals surface area contributed by atoms with Gasteiger partial charge in [-0.3, -0.25) is 0 Å². The van der Waals surface area contributed by atoms with E-state index in [1.807, 2.05) is 6.08 Å². The summed E-state index contributed by atoms with van der Waals surface area (Å²) in [6.07, 6.45) is 7.78. The molecule has 1 unspecified atom stereocenters. The molecule has 1 atom stereocenters. The number of hydrogen-bond acceptors (Lipinski definition) is 4. The second kappa shape index (κ2) is 7.79. The van der Waals surface area contributed by atoms with Gasteiger partial charge >= 0.3 is 0 Å². The van der Waals surface area contributed by atoms with Gasteiger partial charge in [-0.2, -0.15) is 0 Å². The lowest BCUT2D eigenvalue weighted by Crippen LogP contribution is -2.02. The van der Waals surface area contributed by atoms with Crippen LogP contribution in [0.4, 0.5) is 0 Å². The number of aliphatic hydroxyl groups is 1. The van der Waals surface area contributed by atoms with Gasteiger partial charge in [-0.15, -0.1) is 6.58 Å². The molecule has 0 radical (unpaired) electrons. The standard InChI is InChI=1S/C13H20N2O2/c1-3-4-5-6-7-8-12(16)11-9-13(17-2)15-10-14-11/h3,9-10,12,16H,1,4-8H2,2H3. The average molecular weight is 236 g/mol. The Kier molecular flexibility index (Phi) is 6.25. The van der Waals surface area contributed by atoms with E-state index in [0.717, 1.165) is 32.1 Å². The molecule has 17 heavy (non-hydrogen) atoms. The monoisotopic (exact) mass is 236 g/mol. The van der Waals surface area contributed by atoms with Crippen molar-refractivity contribution in [2.75, 3.05) is 7.11 Å². The molecule has 0 aromatic carbocycles. The van der Waals surface area contributed by atoms with Crippen LogP contribution in [0.2, 0.25) is 0 Å². The molecule has 0 saturated carbocycles. The van der Waals surface area contributed by atoms with Crippen LogP contribution in [0.15, 0.2) is 25.0 Å². The average Bonchev–Trinajstić information content (AvgIpc) is 2.38. The summed E-state index contributed by atoms with van der Waals surface area (Å²) >= 11 is 0. The summed E-state index contributed by atoms with van der Waals surface area (Å²) < 4.78 is 4.99. The summed E-state index contributed by atoms with van der Waals surface area (Å²) in [6.45, 7) is 3.68. The number of aromatic nitrogens is 2. The molecule has 0 aliphatic rings. The molecule has 0 spiro atoms. The van der Waals surface area contributed by atoms with Gasteiger partial charge in [-0.05, 0) is 19.3 Å². The maximum absolute atomic E-state index is 9.93. The normalized spacial score (nSPS) is 12.1. The van der Waals surface area contributed by atoms with Crippen LogP contribution in [-0.2, 0) is 0 Å². The second-order valence-corrected chi connectivity index (χ2v) is 3.93. The van der Waals surface area contributed by atoms with Crippen molar-refractivity contribution in [3.63, 3.8) is 0 Å². The van der Waals surface area contributed by atoms with Gasteiger partial charge in [0.2, 0.25) is 5.88 Å². The summed E-state index contributed by atoms with van der Waals surface area (Å²) in [5.74, 6) is 0.487. The van der Waals surface area contributed by atoms with E-state index < -0.39 is 6.10 Å². The number of aliphatic hydroxyl groups excluding tert-OH is 1. The number of hydrogen-bond donors (Lipinski definition) is 1. The lowest BCUT2D eigenvalue weighted by molar-refractivity contribution is 0.158. The lowest BCUT2D eigenvalue weighted by Gasteiger charge is -2.10. The number of unbranched alkanes of at least 4 members (excludes halogenated alkanes) is 3. The molecule has 1 rings (SSSR count). The molecule has 0 fully saturated rings. The Morgan fingerprint density at radius 1 is 1.41 bits per heavy atom. The third kappa shape index (κ3) is 4.95. The minimum atomic E-state index is -0.532. The highest BCUT2D eigenvalue weighted by atomic mass is 16.5. The molecule has 0 bridgehead atoms. The SMILES string of the molecule is C=CCCCCCC(O)c1cc(OC)ncn1. The van der Waals surface area contributed by atoms with Gasteiger partial charge in [0.1, 0.15) is 6.33 Å². The van der Waals surface area contributed by atoms with Gasteiger partial charge in [0.25, 0.3) is 0 Å².